The smallest absolute Gasteiger partial charge is 0.307 e. The maximum absolute atomic E-state index is 11.0. The third-order valence-electron chi connectivity index (χ3n) is 5.38. The molecular weight excluding hydrogens is 464 g/mol. The van der Waals surface area contributed by atoms with Crippen molar-refractivity contribution in [1.82, 2.24) is 9.27 Å². The number of rotatable bonds is 6. The Hall–Kier alpha value is -2.88. The van der Waals surface area contributed by atoms with Crippen LogP contribution in [0.1, 0.15) is 18.1 Å². The fourth-order valence-electron chi connectivity index (χ4n) is 3.75. The number of aromatic nitrogens is 1. The quantitative estimate of drug-likeness (QED) is 0.448. The first-order valence-electron chi connectivity index (χ1n) is 10.5. The number of hydrogen-bond donors (Lipinski definition) is 3. The number of nitrogens with two attached hydrogens (primary N) is 1. The van der Waals surface area contributed by atoms with Crippen LogP contribution in [0.25, 0.3) is 10.1 Å². The van der Waals surface area contributed by atoms with E-state index in [0.717, 1.165) is 57.4 Å². The highest BCUT2D eigenvalue weighted by molar-refractivity contribution is 7.13. The number of hydrogen-bond acceptors (Lipinski definition) is 7. The third-order valence-corrected chi connectivity index (χ3v) is 6.55. The van der Waals surface area contributed by atoms with Gasteiger partial charge in [0, 0.05) is 55.7 Å². The molecule has 2 aromatic carbocycles. The third kappa shape index (κ3) is 6.80. The van der Waals surface area contributed by atoms with Crippen LogP contribution in [0.2, 0.25) is 5.02 Å². The Morgan fingerprint density at radius 1 is 1.12 bits per heavy atom. The predicted molar refractivity (Wildman–Crippen MR) is 132 cm³/mol. The van der Waals surface area contributed by atoms with Crippen molar-refractivity contribution in [2.75, 3.05) is 43.4 Å². The number of fused-ring (bicyclic) bond motifs is 1. The van der Waals surface area contributed by atoms with E-state index in [-0.39, 0.29) is 6.42 Å². The van der Waals surface area contributed by atoms with Crippen LogP contribution < -0.4 is 10.6 Å². The molecule has 8 nitrogen and oxygen atoms in total. The Bertz CT molecular complexity index is 1120. The van der Waals surface area contributed by atoms with Crippen LogP contribution in [0.15, 0.2) is 36.4 Å². The lowest BCUT2D eigenvalue weighted by atomic mass is 10.0. The number of carboxylic acids is 2. The second-order valence-corrected chi connectivity index (χ2v) is 9.03. The molecule has 176 valence electrons. The largest absolute Gasteiger partial charge is 0.481 e. The fraction of sp³-hybridized carbons (Fsp3) is 0.348. The van der Waals surface area contributed by atoms with Crippen LogP contribution >= 0.6 is 23.1 Å². The van der Waals surface area contributed by atoms with E-state index in [0.29, 0.717) is 16.3 Å². The molecule has 1 aliphatic heterocycles. The summed E-state index contributed by atoms with van der Waals surface area (Å²) >= 11 is 7.89. The molecule has 1 aliphatic rings. The van der Waals surface area contributed by atoms with E-state index in [1.54, 1.807) is 17.6 Å². The summed E-state index contributed by atoms with van der Waals surface area (Å²) in [5, 5.41) is 18.3. The lowest BCUT2D eigenvalue weighted by Gasteiger charge is -2.35. The maximum Gasteiger partial charge on any atom is 0.307 e. The Balaban J connectivity index is 0.000000709. The molecule has 1 fully saturated rings. The van der Waals surface area contributed by atoms with Crippen molar-refractivity contribution in [3.05, 3.63) is 52.5 Å². The molecule has 0 bridgehead atoms. The molecular formula is C23H27ClN4O4S. The van der Waals surface area contributed by atoms with Gasteiger partial charge in [0.05, 0.1) is 11.1 Å². The topological polar surface area (TPSA) is 120 Å². The zero-order valence-electron chi connectivity index (χ0n) is 18.3. The molecule has 33 heavy (non-hydrogen) atoms. The summed E-state index contributed by atoms with van der Waals surface area (Å²) in [6, 6.07) is 11.9. The van der Waals surface area contributed by atoms with E-state index < -0.39 is 11.9 Å². The first kappa shape index (κ1) is 24.8. The molecule has 0 saturated carbocycles. The second kappa shape index (κ2) is 11.3. The molecule has 0 atom stereocenters. The summed E-state index contributed by atoms with van der Waals surface area (Å²) < 4.78 is 5.88. The number of halogens is 1. The normalized spacial score (nSPS) is 14.1. The molecule has 2 heterocycles. The van der Waals surface area contributed by atoms with Gasteiger partial charge < -0.3 is 20.8 Å². The number of carboxylic acid groups (broad SMARTS) is 2. The lowest BCUT2D eigenvalue weighted by molar-refractivity contribution is -0.136. The maximum atomic E-state index is 11.0. The zero-order chi connectivity index (χ0) is 24.0. The average Bonchev–Trinajstić information content (AvgIpc) is 3.19. The highest BCUT2D eigenvalue weighted by Crippen LogP contribution is 2.30. The number of aliphatic carboxylic acids is 2. The molecule has 0 spiro atoms. The summed E-state index contributed by atoms with van der Waals surface area (Å²) in [7, 11) is 0. The number of carbonyl (C=O) groups is 2. The van der Waals surface area contributed by atoms with E-state index in [1.807, 2.05) is 12.1 Å². The van der Waals surface area contributed by atoms with Crippen LogP contribution in [-0.4, -0.2) is 64.1 Å². The van der Waals surface area contributed by atoms with Gasteiger partial charge in [-0.2, -0.15) is 4.37 Å². The summed E-state index contributed by atoms with van der Waals surface area (Å²) in [6.07, 6.45) is 0.682. The summed E-state index contributed by atoms with van der Waals surface area (Å²) in [5.74, 6) is -0.638. The molecule has 4 rings (SSSR count). The van der Waals surface area contributed by atoms with Gasteiger partial charge in [-0.3, -0.25) is 14.5 Å². The molecule has 0 radical (unpaired) electrons. The fourth-order valence-corrected chi connectivity index (χ4v) is 4.82. The van der Waals surface area contributed by atoms with Gasteiger partial charge in [-0.05, 0) is 47.3 Å². The Morgan fingerprint density at radius 2 is 1.79 bits per heavy atom. The van der Waals surface area contributed by atoms with Crippen molar-refractivity contribution in [3.63, 3.8) is 0 Å². The molecule has 10 heteroatoms. The van der Waals surface area contributed by atoms with E-state index in [1.165, 1.54) is 10.1 Å². The number of nitrogen functional groups attached to an aromatic ring is 1. The predicted octanol–water partition coefficient (Wildman–Crippen LogP) is 3.61. The Labute approximate surface area is 201 Å². The highest BCUT2D eigenvalue weighted by atomic mass is 35.5. The minimum Gasteiger partial charge on any atom is -0.481 e. The summed E-state index contributed by atoms with van der Waals surface area (Å²) in [6.45, 7) is 5.75. The highest BCUT2D eigenvalue weighted by Gasteiger charge is 2.21. The van der Waals surface area contributed by atoms with Crippen LogP contribution in [-0.2, 0) is 22.4 Å². The van der Waals surface area contributed by atoms with Crippen molar-refractivity contribution in [2.45, 2.75) is 19.8 Å². The van der Waals surface area contributed by atoms with Crippen molar-refractivity contribution in [2.24, 2.45) is 0 Å². The Kier molecular flexibility index (Phi) is 8.49. The van der Waals surface area contributed by atoms with Gasteiger partial charge in [-0.25, -0.2) is 0 Å². The standard InChI is InChI=1S/C21H23ClN4O2S.C2H4O2/c22-17-13-18(23)15(12-20(27)28)11-14(17)5-6-25-7-9-26(10-8-25)21-16-3-1-2-4-19(16)29-24-21;1-2(3)4/h1-4,11,13H,5-10,12,23H2,(H,27,28);1H3,(H,3,4). The lowest BCUT2D eigenvalue weighted by Crippen LogP contribution is -2.47. The summed E-state index contributed by atoms with van der Waals surface area (Å²) in [4.78, 5) is 24.8. The van der Waals surface area contributed by atoms with E-state index in [4.69, 9.17) is 32.3 Å². The van der Waals surface area contributed by atoms with Crippen LogP contribution in [0, 0.1) is 0 Å². The minimum absolute atomic E-state index is 0.0870. The van der Waals surface area contributed by atoms with Gasteiger partial charge in [0.25, 0.3) is 5.97 Å². The van der Waals surface area contributed by atoms with Gasteiger partial charge in [0.1, 0.15) is 5.82 Å². The second-order valence-electron chi connectivity index (χ2n) is 7.81. The van der Waals surface area contributed by atoms with Crippen molar-refractivity contribution in [3.8, 4) is 0 Å². The Morgan fingerprint density at radius 3 is 2.45 bits per heavy atom. The van der Waals surface area contributed by atoms with Crippen LogP contribution in [0.4, 0.5) is 11.5 Å². The number of piperazine rings is 1. The molecule has 1 saturated heterocycles. The van der Waals surface area contributed by atoms with Gasteiger partial charge in [0.15, 0.2) is 0 Å². The number of benzene rings is 2. The van der Waals surface area contributed by atoms with Crippen LogP contribution in [0.3, 0.4) is 0 Å². The molecule has 0 aliphatic carbocycles. The first-order valence-corrected chi connectivity index (χ1v) is 11.7. The van der Waals surface area contributed by atoms with Gasteiger partial charge in [-0.15, -0.1) is 0 Å². The van der Waals surface area contributed by atoms with E-state index in [2.05, 4.69) is 32.4 Å². The molecule has 4 N–H and O–H groups in total. The number of anilines is 2. The van der Waals surface area contributed by atoms with E-state index in [9.17, 15) is 4.79 Å². The minimum atomic E-state index is -0.893. The van der Waals surface area contributed by atoms with Gasteiger partial charge in [-0.1, -0.05) is 29.8 Å². The first-order chi connectivity index (χ1) is 15.7. The number of nitrogens with zero attached hydrogens (tertiary/aromatic N) is 3. The molecule has 0 unspecified atom stereocenters. The molecule has 1 aromatic heterocycles. The monoisotopic (exact) mass is 490 g/mol. The van der Waals surface area contributed by atoms with Crippen molar-refractivity contribution < 1.29 is 19.8 Å². The SMILES string of the molecule is CC(=O)O.Nc1cc(Cl)c(CCN2CCN(c3nsc4ccccc34)CC2)cc1CC(=O)O. The molecule has 3 aromatic rings. The summed E-state index contributed by atoms with van der Waals surface area (Å²) in [5.41, 5.74) is 7.92. The van der Waals surface area contributed by atoms with Crippen molar-refractivity contribution in [1.29, 1.82) is 0 Å². The molecule has 0 amide bonds. The van der Waals surface area contributed by atoms with Crippen LogP contribution in [0.5, 0.6) is 0 Å². The zero-order valence-corrected chi connectivity index (χ0v) is 19.9. The van der Waals surface area contributed by atoms with Crippen molar-refractivity contribution >= 4 is 56.7 Å². The average molecular weight is 491 g/mol. The van der Waals surface area contributed by atoms with Gasteiger partial charge in [0.2, 0.25) is 0 Å². The van der Waals surface area contributed by atoms with E-state index >= 15 is 0 Å². The van der Waals surface area contributed by atoms with Gasteiger partial charge >= 0.3 is 5.97 Å².